The summed E-state index contributed by atoms with van der Waals surface area (Å²) in [4.78, 5) is 22.4. The molecule has 1 aromatic carbocycles. The SMILES string of the molecule is CCc1cn2c(n1)CCC(C(=O)N1CC(N(C)C)Cc3ccccc31)C2. The molecule has 0 saturated carbocycles. The molecule has 26 heavy (non-hydrogen) atoms. The third-order valence-corrected chi connectivity index (χ3v) is 5.88. The van der Waals surface area contributed by atoms with Gasteiger partial charge < -0.3 is 14.4 Å². The molecule has 0 radical (unpaired) electrons. The van der Waals surface area contributed by atoms with Crippen molar-refractivity contribution in [3.8, 4) is 0 Å². The van der Waals surface area contributed by atoms with Crippen LogP contribution < -0.4 is 4.90 Å². The number of likely N-dealkylation sites (N-methyl/N-ethyl adjacent to an activating group) is 1. The third-order valence-electron chi connectivity index (χ3n) is 5.88. The number of imidazole rings is 1. The summed E-state index contributed by atoms with van der Waals surface area (Å²) in [7, 11) is 4.21. The van der Waals surface area contributed by atoms with E-state index in [1.807, 2.05) is 11.0 Å². The molecule has 5 heteroatoms. The minimum atomic E-state index is 0.0374. The fraction of sp³-hybridized carbons (Fsp3) is 0.524. The topological polar surface area (TPSA) is 41.4 Å². The van der Waals surface area contributed by atoms with Gasteiger partial charge in [-0.3, -0.25) is 4.79 Å². The molecule has 2 aliphatic heterocycles. The Hall–Kier alpha value is -2.14. The Morgan fingerprint density at radius 3 is 2.85 bits per heavy atom. The molecular formula is C21H28N4O. The van der Waals surface area contributed by atoms with Crippen LogP contribution in [0.25, 0.3) is 0 Å². The quantitative estimate of drug-likeness (QED) is 0.852. The molecular weight excluding hydrogens is 324 g/mol. The molecule has 138 valence electrons. The van der Waals surface area contributed by atoms with E-state index in [1.54, 1.807) is 0 Å². The van der Waals surface area contributed by atoms with Crippen LogP contribution in [0.15, 0.2) is 30.5 Å². The Kier molecular flexibility index (Phi) is 4.57. The first kappa shape index (κ1) is 17.3. The molecule has 1 aromatic heterocycles. The minimum absolute atomic E-state index is 0.0374. The normalized spacial score (nSPS) is 22.2. The Bertz CT molecular complexity index is 810. The number of rotatable bonds is 3. The van der Waals surface area contributed by atoms with Gasteiger partial charge in [0.05, 0.1) is 11.6 Å². The van der Waals surface area contributed by atoms with Crippen LogP contribution in [0.2, 0.25) is 0 Å². The maximum atomic E-state index is 13.4. The van der Waals surface area contributed by atoms with E-state index < -0.39 is 0 Å². The zero-order valence-corrected chi connectivity index (χ0v) is 16.0. The minimum Gasteiger partial charge on any atom is -0.334 e. The van der Waals surface area contributed by atoms with Crippen LogP contribution in [0.4, 0.5) is 5.69 Å². The Morgan fingerprint density at radius 2 is 2.08 bits per heavy atom. The van der Waals surface area contributed by atoms with Gasteiger partial charge in [-0.15, -0.1) is 0 Å². The molecule has 0 saturated heterocycles. The number of hydrogen-bond donors (Lipinski definition) is 0. The Morgan fingerprint density at radius 1 is 1.27 bits per heavy atom. The average molecular weight is 352 g/mol. The second-order valence-corrected chi connectivity index (χ2v) is 7.79. The number of hydrogen-bond acceptors (Lipinski definition) is 3. The monoisotopic (exact) mass is 352 g/mol. The second kappa shape index (κ2) is 6.88. The third kappa shape index (κ3) is 3.05. The molecule has 2 aliphatic rings. The van der Waals surface area contributed by atoms with Gasteiger partial charge in [0.1, 0.15) is 5.82 Å². The highest BCUT2D eigenvalue weighted by Crippen LogP contribution is 2.31. The molecule has 0 aliphatic carbocycles. The van der Waals surface area contributed by atoms with E-state index in [0.717, 1.165) is 56.0 Å². The first-order valence-corrected chi connectivity index (χ1v) is 9.67. The van der Waals surface area contributed by atoms with Gasteiger partial charge in [-0.05, 0) is 45.0 Å². The van der Waals surface area contributed by atoms with Gasteiger partial charge in [-0.25, -0.2) is 4.98 Å². The first-order chi connectivity index (χ1) is 12.6. The number of para-hydroxylation sites is 1. The van der Waals surface area contributed by atoms with Crippen LogP contribution in [0.5, 0.6) is 0 Å². The molecule has 3 heterocycles. The summed E-state index contributed by atoms with van der Waals surface area (Å²) in [6, 6.07) is 8.74. The summed E-state index contributed by atoms with van der Waals surface area (Å²) in [5.41, 5.74) is 3.50. The molecule has 4 rings (SSSR count). The molecule has 0 fully saturated rings. The van der Waals surface area contributed by atoms with Crippen molar-refractivity contribution in [3.63, 3.8) is 0 Å². The van der Waals surface area contributed by atoms with Crippen LogP contribution >= 0.6 is 0 Å². The molecule has 5 nitrogen and oxygen atoms in total. The summed E-state index contributed by atoms with van der Waals surface area (Å²) in [6.45, 7) is 3.66. The highest BCUT2D eigenvalue weighted by atomic mass is 16.2. The van der Waals surface area contributed by atoms with Crippen molar-refractivity contribution in [1.82, 2.24) is 14.5 Å². The lowest BCUT2D eigenvalue weighted by Crippen LogP contribution is -2.50. The van der Waals surface area contributed by atoms with Gasteiger partial charge in [0.25, 0.3) is 0 Å². The van der Waals surface area contributed by atoms with Crippen molar-refractivity contribution in [2.45, 2.75) is 45.2 Å². The Labute approximate surface area is 155 Å². The number of carbonyl (C=O) groups excluding carboxylic acids is 1. The molecule has 0 bridgehead atoms. The number of fused-ring (bicyclic) bond motifs is 2. The number of aryl methyl sites for hydroxylation is 2. The highest BCUT2D eigenvalue weighted by molar-refractivity contribution is 5.96. The maximum Gasteiger partial charge on any atom is 0.231 e. The number of aromatic nitrogens is 2. The van der Waals surface area contributed by atoms with Gasteiger partial charge in [-0.2, -0.15) is 0 Å². The number of amides is 1. The van der Waals surface area contributed by atoms with Crippen LogP contribution in [0.3, 0.4) is 0 Å². The van der Waals surface area contributed by atoms with Gasteiger partial charge in [0.2, 0.25) is 5.91 Å². The van der Waals surface area contributed by atoms with Crippen LogP contribution in [-0.4, -0.2) is 47.0 Å². The van der Waals surface area contributed by atoms with Gasteiger partial charge >= 0.3 is 0 Å². The van der Waals surface area contributed by atoms with E-state index in [4.69, 9.17) is 0 Å². The molecule has 1 amide bonds. The van der Waals surface area contributed by atoms with Crippen molar-refractivity contribution in [2.24, 2.45) is 5.92 Å². The van der Waals surface area contributed by atoms with Gasteiger partial charge in [0.15, 0.2) is 0 Å². The van der Waals surface area contributed by atoms with E-state index in [9.17, 15) is 4.79 Å². The summed E-state index contributed by atoms with van der Waals surface area (Å²) < 4.78 is 2.20. The largest absolute Gasteiger partial charge is 0.334 e. The van der Waals surface area contributed by atoms with Crippen molar-refractivity contribution in [2.75, 3.05) is 25.5 Å². The zero-order chi connectivity index (χ0) is 18.3. The number of anilines is 1. The molecule has 2 unspecified atom stereocenters. The van der Waals surface area contributed by atoms with Crippen LogP contribution in [0, 0.1) is 5.92 Å². The fourth-order valence-electron chi connectivity index (χ4n) is 4.22. The lowest BCUT2D eigenvalue weighted by molar-refractivity contribution is -0.123. The van der Waals surface area contributed by atoms with E-state index in [-0.39, 0.29) is 11.8 Å². The van der Waals surface area contributed by atoms with E-state index >= 15 is 0 Å². The van der Waals surface area contributed by atoms with Crippen molar-refractivity contribution in [1.29, 1.82) is 0 Å². The van der Waals surface area contributed by atoms with Gasteiger partial charge in [0, 0.05) is 37.4 Å². The predicted octanol–water partition coefficient (Wildman–Crippen LogP) is 2.53. The van der Waals surface area contributed by atoms with E-state index in [2.05, 4.69) is 59.9 Å². The smallest absolute Gasteiger partial charge is 0.231 e. The van der Waals surface area contributed by atoms with Crippen molar-refractivity contribution in [3.05, 3.63) is 47.5 Å². The summed E-state index contributed by atoms with van der Waals surface area (Å²) >= 11 is 0. The lowest BCUT2D eigenvalue weighted by Gasteiger charge is -2.39. The summed E-state index contributed by atoms with van der Waals surface area (Å²) in [6.07, 6.45) is 5.86. The van der Waals surface area contributed by atoms with E-state index in [1.165, 1.54) is 5.56 Å². The molecule has 0 spiro atoms. The first-order valence-electron chi connectivity index (χ1n) is 9.67. The summed E-state index contributed by atoms with van der Waals surface area (Å²) in [5, 5.41) is 0. The maximum absolute atomic E-state index is 13.4. The second-order valence-electron chi connectivity index (χ2n) is 7.79. The molecule has 2 atom stereocenters. The lowest BCUT2D eigenvalue weighted by atomic mass is 9.93. The Balaban J connectivity index is 1.59. The molecule has 2 aromatic rings. The van der Waals surface area contributed by atoms with Crippen molar-refractivity contribution < 1.29 is 4.79 Å². The highest BCUT2D eigenvalue weighted by Gasteiger charge is 2.34. The molecule has 0 N–H and O–H groups in total. The van der Waals surface area contributed by atoms with Crippen LogP contribution in [-0.2, 0) is 30.6 Å². The number of carbonyl (C=O) groups is 1. The average Bonchev–Trinajstić information content (AvgIpc) is 3.08. The van der Waals surface area contributed by atoms with Gasteiger partial charge in [-0.1, -0.05) is 25.1 Å². The number of benzene rings is 1. The standard InChI is InChI=1S/C21H28N4O/c1-4-17-13-24-12-16(9-10-20(24)22-17)21(26)25-14-18(23(2)3)11-15-7-5-6-8-19(15)25/h5-8,13,16,18H,4,9-12,14H2,1-3H3. The van der Waals surface area contributed by atoms with Crippen LogP contribution in [0.1, 0.15) is 30.4 Å². The van der Waals surface area contributed by atoms with E-state index in [0.29, 0.717) is 6.04 Å². The number of nitrogens with zero attached hydrogens (tertiary/aromatic N) is 4. The summed E-state index contributed by atoms with van der Waals surface area (Å²) in [5.74, 6) is 1.44. The van der Waals surface area contributed by atoms with Crippen molar-refractivity contribution >= 4 is 11.6 Å². The predicted molar refractivity (Wildman–Crippen MR) is 103 cm³/mol. The zero-order valence-electron chi connectivity index (χ0n) is 16.0. The fourth-order valence-corrected chi connectivity index (χ4v) is 4.22.